The topological polar surface area (TPSA) is 132 Å². The Morgan fingerprint density at radius 2 is 1.58 bits per heavy atom. The summed E-state index contributed by atoms with van der Waals surface area (Å²) in [5.41, 5.74) is -0.0503. The molecule has 2 rings (SSSR count). The molecule has 0 saturated carbocycles. The van der Waals surface area contributed by atoms with Crippen LogP contribution in [0.4, 0.5) is 16.2 Å². The molecule has 2 aromatic rings. The Hall–Kier alpha value is -3.47. The van der Waals surface area contributed by atoms with Crippen LogP contribution in [0.1, 0.15) is 27.2 Å². The molecular formula is C22H29N3O7S. The summed E-state index contributed by atoms with van der Waals surface area (Å²) in [5.74, 6) is 0.282. The third-order valence-electron chi connectivity index (χ3n) is 4.10. The van der Waals surface area contributed by atoms with Gasteiger partial charge in [-0.15, -0.1) is 0 Å². The second-order valence-corrected chi connectivity index (χ2v) is 9.58. The smallest absolute Gasteiger partial charge is 0.407 e. The lowest BCUT2D eigenvalue weighted by Gasteiger charge is -2.19. The summed E-state index contributed by atoms with van der Waals surface area (Å²) < 4.78 is 43.7. The van der Waals surface area contributed by atoms with E-state index in [1.54, 1.807) is 45.0 Å². The first-order valence-electron chi connectivity index (χ1n) is 10.0. The molecule has 0 spiro atoms. The van der Waals surface area contributed by atoms with Crippen LogP contribution in [0.3, 0.4) is 0 Å². The maximum Gasteiger partial charge on any atom is 0.407 e. The van der Waals surface area contributed by atoms with Crippen molar-refractivity contribution in [3.8, 4) is 11.5 Å². The van der Waals surface area contributed by atoms with Gasteiger partial charge in [0, 0.05) is 24.3 Å². The van der Waals surface area contributed by atoms with Crippen molar-refractivity contribution < 1.29 is 32.2 Å². The van der Waals surface area contributed by atoms with Gasteiger partial charge >= 0.3 is 6.09 Å². The highest BCUT2D eigenvalue weighted by Gasteiger charge is 2.21. The van der Waals surface area contributed by atoms with Crippen LogP contribution in [0, 0.1) is 0 Å². The van der Waals surface area contributed by atoms with E-state index in [2.05, 4.69) is 15.4 Å². The molecule has 0 bridgehead atoms. The van der Waals surface area contributed by atoms with E-state index in [9.17, 15) is 18.0 Å². The SMILES string of the molecule is COc1ccc(NS(=O)(=O)c2cc(NC(=O)CCNC(=O)OC(C)(C)C)ccc2OC)cc1. The van der Waals surface area contributed by atoms with Crippen LogP contribution in [0.25, 0.3) is 0 Å². The molecule has 3 N–H and O–H groups in total. The third-order valence-corrected chi connectivity index (χ3v) is 5.50. The number of carbonyl (C=O) groups is 2. The zero-order chi connectivity index (χ0) is 24.6. The van der Waals surface area contributed by atoms with Crippen molar-refractivity contribution in [1.29, 1.82) is 0 Å². The van der Waals surface area contributed by atoms with Gasteiger partial charge in [-0.05, 0) is 63.2 Å². The van der Waals surface area contributed by atoms with Gasteiger partial charge in [-0.1, -0.05) is 0 Å². The minimum atomic E-state index is -4.02. The van der Waals surface area contributed by atoms with Crippen molar-refractivity contribution in [1.82, 2.24) is 5.32 Å². The summed E-state index contributed by atoms with van der Waals surface area (Å²) >= 11 is 0. The number of sulfonamides is 1. The molecule has 0 aliphatic carbocycles. The lowest BCUT2D eigenvalue weighted by molar-refractivity contribution is -0.116. The Bertz CT molecular complexity index is 1080. The molecule has 0 radical (unpaired) electrons. The second-order valence-electron chi connectivity index (χ2n) is 7.93. The molecule has 180 valence electrons. The molecule has 0 aliphatic heterocycles. The molecule has 10 nitrogen and oxygen atoms in total. The van der Waals surface area contributed by atoms with Crippen molar-refractivity contribution in [3.63, 3.8) is 0 Å². The largest absolute Gasteiger partial charge is 0.497 e. The first kappa shape index (κ1) is 25.8. The number of rotatable bonds is 9. The Labute approximate surface area is 193 Å². The molecule has 11 heteroatoms. The number of amides is 2. The van der Waals surface area contributed by atoms with E-state index in [1.807, 2.05) is 0 Å². The minimum Gasteiger partial charge on any atom is -0.497 e. The highest BCUT2D eigenvalue weighted by Crippen LogP contribution is 2.29. The first-order chi connectivity index (χ1) is 15.4. The number of ether oxygens (including phenoxy) is 3. The van der Waals surface area contributed by atoms with E-state index in [4.69, 9.17) is 14.2 Å². The predicted octanol–water partition coefficient (Wildman–Crippen LogP) is 3.36. The second kappa shape index (κ2) is 10.9. The number of hydrogen-bond acceptors (Lipinski definition) is 7. The summed E-state index contributed by atoms with van der Waals surface area (Å²) in [6, 6.07) is 10.6. The van der Waals surface area contributed by atoms with Gasteiger partial charge < -0.3 is 24.8 Å². The maximum atomic E-state index is 12.9. The van der Waals surface area contributed by atoms with Crippen molar-refractivity contribution in [2.24, 2.45) is 0 Å². The number of methoxy groups -OCH3 is 2. The Morgan fingerprint density at radius 1 is 0.939 bits per heavy atom. The maximum absolute atomic E-state index is 12.9. The number of carbonyl (C=O) groups excluding carboxylic acids is 2. The fourth-order valence-corrected chi connectivity index (χ4v) is 3.90. The lowest BCUT2D eigenvalue weighted by atomic mass is 10.2. The fourth-order valence-electron chi connectivity index (χ4n) is 2.65. The van der Waals surface area contributed by atoms with Crippen molar-refractivity contribution in [3.05, 3.63) is 42.5 Å². The molecule has 0 aromatic heterocycles. The third kappa shape index (κ3) is 8.19. The van der Waals surface area contributed by atoms with E-state index in [-0.39, 0.29) is 29.3 Å². The molecule has 0 aliphatic rings. The molecule has 0 saturated heterocycles. The van der Waals surface area contributed by atoms with Crippen LogP contribution in [0.15, 0.2) is 47.4 Å². The number of hydrogen-bond donors (Lipinski definition) is 3. The zero-order valence-corrected chi connectivity index (χ0v) is 20.0. The van der Waals surface area contributed by atoms with E-state index in [0.717, 1.165) is 0 Å². The summed E-state index contributed by atoms with van der Waals surface area (Å²) in [4.78, 5) is 23.7. The predicted molar refractivity (Wildman–Crippen MR) is 124 cm³/mol. The number of nitrogens with one attached hydrogen (secondary N) is 3. The Morgan fingerprint density at radius 3 is 2.15 bits per heavy atom. The average molecular weight is 480 g/mol. The quantitative estimate of drug-likeness (QED) is 0.502. The van der Waals surface area contributed by atoms with Crippen LogP contribution < -0.4 is 24.8 Å². The van der Waals surface area contributed by atoms with E-state index in [0.29, 0.717) is 11.4 Å². The summed E-state index contributed by atoms with van der Waals surface area (Å²) in [6.07, 6.45) is -0.657. The van der Waals surface area contributed by atoms with Gasteiger partial charge in [0.25, 0.3) is 10.0 Å². The van der Waals surface area contributed by atoms with Gasteiger partial charge in [0.05, 0.1) is 14.2 Å². The van der Waals surface area contributed by atoms with Crippen LogP contribution in [-0.4, -0.2) is 46.8 Å². The van der Waals surface area contributed by atoms with Crippen molar-refractivity contribution in [2.75, 3.05) is 30.8 Å². The van der Waals surface area contributed by atoms with Crippen LogP contribution in [0.5, 0.6) is 11.5 Å². The molecule has 0 heterocycles. The van der Waals surface area contributed by atoms with E-state index < -0.39 is 27.6 Å². The number of anilines is 2. The van der Waals surface area contributed by atoms with Crippen LogP contribution >= 0.6 is 0 Å². The average Bonchev–Trinajstić information content (AvgIpc) is 2.72. The summed E-state index contributed by atoms with van der Waals surface area (Å²) in [7, 11) is -1.16. The Kier molecular flexibility index (Phi) is 8.52. The van der Waals surface area contributed by atoms with Gasteiger partial charge in [-0.2, -0.15) is 0 Å². The summed E-state index contributed by atoms with van der Waals surface area (Å²) in [5, 5.41) is 5.10. The Balaban J connectivity index is 2.07. The standard InChI is InChI=1S/C22H29N3O7S/c1-22(2,3)32-21(27)23-13-12-20(26)24-16-8-11-18(31-5)19(14-16)33(28,29)25-15-6-9-17(30-4)10-7-15/h6-11,14,25H,12-13H2,1-5H3,(H,23,27)(H,24,26). The van der Waals surface area contributed by atoms with Gasteiger partial charge in [0.1, 0.15) is 22.0 Å². The fraction of sp³-hybridized carbons (Fsp3) is 0.364. The van der Waals surface area contributed by atoms with E-state index in [1.165, 1.54) is 32.4 Å². The molecule has 2 amide bonds. The molecule has 0 fully saturated rings. The normalized spacial score (nSPS) is 11.3. The molecular weight excluding hydrogens is 450 g/mol. The van der Waals surface area contributed by atoms with E-state index >= 15 is 0 Å². The summed E-state index contributed by atoms with van der Waals surface area (Å²) in [6.45, 7) is 5.26. The molecule has 33 heavy (non-hydrogen) atoms. The molecule has 2 aromatic carbocycles. The van der Waals surface area contributed by atoms with Crippen LogP contribution in [-0.2, 0) is 19.6 Å². The molecule has 0 unspecified atom stereocenters. The highest BCUT2D eigenvalue weighted by atomic mass is 32.2. The van der Waals surface area contributed by atoms with Gasteiger partial charge in [0.2, 0.25) is 5.91 Å². The molecule has 0 atom stereocenters. The number of benzene rings is 2. The van der Waals surface area contributed by atoms with Crippen LogP contribution in [0.2, 0.25) is 0 Å². The van der Waals surface area contributed by atoms with Gasteiger partial charge in [-0.25, -0.2) is 13.2 Å². The zero-order valence-electron chi connectivity index (χ0n) is 19.2. The monoisotopic (exact) mass is 479 g/mol. The van der Waals surface area contributed by atoms with Gasteiger partial charge in [0.15, 0.2) is 0 Å². The van der Waals surface area contributed by atoms with Gasteiger partial charge in [-0.3, -0.25) is 9.52 Å². The van der Waals surface area contributed by atoms with Crippen molar-refractivity contribution >= 4 is 33.4 Å². The minimum absolute atomic E-state index is 0.0303. The van der Waals surface area contributed by atoms with Crippen molar-refractivity contribution in [2.45, 2.75) is 37.7 Å². The first-order valence-corrected chi connectivity index (χ1v) is 11.5. The number of alkyl carbamates (subject to hydrolysis) is 1. The lowest BCUT2D eigenvalue weighted by Crippen LogP contribution is -2.34. The highest BCUT2D eigenvalue weighted by molar-refractivity contribution is 7.92.